The zero-order valence-corrected chi connectivity index (χ0v) is 15.7. The van der Waals surface area contributed by atoms with Crippen LogP contribution in [0.3, 0.4) is 0 Å². The molecule has 0 N–H and O–H groups in total. The molecule has 8 heteroatoms. The normalized spacial score (nSPS) is 16.4. The van der Waals surface area contributed by atoms with Crippen molar-refractivity contribution in [1.29, 1.82) is 0 Å². The minimum Gasteiger partial charge on any atom is -0.366 e. The number of para-hydroxylation sites is 1. The molecule has 0 radical (unpaired) electrons. The standard InChI is InChI=1S/C16H15Cl3N2O2S/c17-12-4-6-13(7-5-12)24(22,23)21-10-8-20(9-11-21)16-14(18)2-1-3-15(16)19/h1-7H,8-11H2. The first-order valence-corrected chi connectivity index (χ1v) is 9.91. The topological polar surface area (TPSA) is 40.6 Å². The highest BCUT2D eigenvalue weighted by atomic mass is 35.5. The molecule has 1 saturated heterocycles. The predicted octanol–water partition coefficient (Wildman–Crippen LogP) is 4.16. The van der Waals surface area contributed by atoms with E-state index in [1.54, 1.807) is 30.3 Å². The monoisotopic (exact) mass is 404 g/mol. The van der Waals surface area contributed by atoms with E-state index < -0.39 is 10.0 Å². The van der Waals surface area contributed by atoms with Crippen LogP contribution in [-0.2, 0) is 10.0 Å². The summed E-state index contributed by atoms with van der Waals surface area (Å²) in [6.45, 7) is 1.78. The van der Waals surface area contributed by atoms with Crippen molar-refractivity contribution >= 4 is 50.5 Å². The number of sulfonamides is 1. The molecule has 128 valence electrons. The number of hydrogen-bond donors (Lipinski definition) is 0. The van der Waals surface area contributed by atoms with Crippen LogP contribution in [0, 0.1) is 0 Å². The summed E-state index contributed by atoms with van der Waals surface area (Å²) in [7, 11) is -3.52. The van der Waals surface area contributed by atoms with Crippen molar-refractivity contribution in [3.05, 3.63) is 57.5 Å². The van der Waals surface area contributed by atoms with Gasteiger partial charge in [-0.3, -0.25) is 0 Å². The van der Waals surface area contributed by atoms with Crippen molar-refractivity contribution in [2.75, 3.05) is 31.1 Å². The van der Waals surface area contributed by atoms with Gasteiger partial charge in [0.05, 0.1) is 20.6 Å². The lowest BCUT2D eigenvalue weighted by Gasteiger charge is -2.36. The van der Waals surface area contributed by atoms with E-state index in [0.29, 0.717) is 41.2 Å². The number of nitrogens with zero attached hydrogens (tertiary/aromatic N) is 2. The molecular weight excluding hydrogens is 391 g/mol. The highest BCUT2D eigenvalue weighted by Crippen LogP contribution is 2.34. The zero-order valence-electron chi connectivity index (χ0n) is 12.6. The Balaban J connectivity index is 1.76. The number of piperazine rings is 1. The van der Waals surface area contributed by atoms with E-state index in [0.717, 1.165) is 5.69 Å². The van der Waals surface area contributed by atoms with Gasteiger partial charge in [-0.1, -0.05) is 40.9 Å². The van der Waals surface area contributed by atoms with Crippen molar-refractivity contribution in [2.45, 2.75) is 4.90 Å². The molecule has 1 aliphatic rings. The lowest BCUT2D eigenvalue weighted by atomic mass is 10.2. The Hall–Kier alpha value is -0.980. The first-order chi connectivity index (χ1) is 11.4. The third-order valence-electron chi connectivity index (χ3n) is 3.94. The third-order valence-corrected chi connectivity index (χ3v) is 6.72. The molecule has 1 aliphatic heterocycles. The molecule has 0 aliphatic carbocycles. The smallest absolute Gasteiger partial charge is 0.243 e. The van der Waals surface area contributed by atoms with Gasteiger partial charge >= 0.3 is 0 Å². The Bertz CT molecular complexity index is 813. The fourth-order valence-electron chi connectivity index (χ4n) is 2.70. The Morgan fingerprint density at radius 1 is 0.792 bits per heavy atom. The molecule has 1 fully saturated rings. The average molecular weight is 406 g/mol. The Morgan fingerprint density at radius 2 is 1.33 bits per heavy atom. The van der Waals surface area contributed by atoms with Gasteiger partial charge in [0, 0.05) is 31.2 Å². The molecule has 3 rings (SSSR count). The summed E-state index contributed by atoms with van der Waals surface area (Å²) in [6.07, 6.45) is 0. The van der Waals surface area contributed by atoms with Gasteiger partial charge in [0.1, 0.15) is 0 Å². The minimum absolute atomic E-state index is 0.246. The lowest BCUT2D eigenvalue weighted by Crippen LogP contribution is -2.48. The van der Waals surface area contributed by atoms with E-state index in [1.165, 1.54) is 16.4 Å². The van der Waals surface area contributed by atoms with E-state index >= 15 is 0 Å². The van der Waals surface area contributed by atoms with E-state index in [4.69, 9.17) is 34.8 Å². The average Bonchev–Trinajstić information content (AvgIpc) is 2.55. The Kier molecular flexibility index (Phi) is 5.27. The van der Waals surface area contributed by atoms with Gasteiger partial charge in [-0.2, -0.15) is 4.31 Å². The molecule has 24 heavy (non-hydrogen) atoms. The summed E-state index contributed by atoms with van der Waals surface area (Å²) in [5.74, 6) is 0. The summed E-state index contributed by atoms with van der Waals surface area (Å²) in [5.41, 5.74) is 0.754. The zero-order chi connectivity index (χ0) is 17.3. The molecule has 2 aromatic carbocycles. The fourth-order valence-corrected chi connectivity index (χ4v) is 4.88. The highest BCUT2D eigenvalue weighted by Gasteiger charge is 2.29. The number of rotatable bonds is 3. The molecule has 4 nitrogen and oxygen atoms in total. The number of halogens is 3. The summed E-state index contributed by atoms with van der Waals surface area (Å²) >= 11 is 18.3. The number of hydrogen-bond acceptors (Lipinski definition) is 3. The molecule has 1 heterocycles. The van der Waals surface area contributed by atoms with Crippen LogP contribution in [0.4, 0.5) is 5.69 Å². The van der Waals surface area contributed by atoms with E-state index in [-0.39, 0.29) is 4.90 Å². The molecule has 0 saturated carbocycles. The van der Waals surface area contributed by atoms with Crippen molar-refractivity contribution in [3.8, 4) is 0 Å². The first-order valence-electron chi connectivity index (χ1n) is 7.34. The highest BCUT2D eigenvalue weighted by molar-refractivity contribution is 7.89. The van der Waals surface area contributed by atoms with Crippen LogP contribution in [0.25, 0.3) is 0 Å². The molecule has 0 spiro atoms. The van der Waals surface area contributed by atoms with Gasteiger partial charge in [-0.15, -0.1) is 0 Å². The first kappa shape index (κ1) is 17.8. The molecule has 0 unspecified atom stereocenters. The van der Waals surface area contributed by atoms with E-state index in [9.17, 15) is 8.42 Å². The van der Waals surface area contributed by atoms with Crippen LogP contribution in [0.1, 0.15) is 0 Å². The summed E-state index contributed by atoms with van der Waals surface area (Å²) in [4.78, 5) is 2.26. The second-order valence-electron chi connectivity index (χ2n) is 5.42. The van der Waals surface area contributed by atoms with E-state index in [2.05, 4.69) is 0 Å². The Morgan fingerprint density at radius 3 is 1.88 bits per heavy atom. The van der Waals surface area contributed by atoms with Gasteiger partial charge < -0.3 is 4.90 Å². The van der Waals surface area contributed by atoms with Crippen LogP contribution in [0.15, 0.2) is 47.4 Å². The maximum Gasteiger partial charge on any atom is 0.243 e. The second-order valence-corrected chi connectivity index (χ2v) is 8.60. The fraction of sp³-hybridized carbons (Fsp3) is 0.250. The summed E-state index contributed by atoms with van der Waals surface area (Å²) in [6, 6.07) is 11.5. The van der Waals surface area contributed by atoms with Crippen molar-refractivity contribution in [1.82, 2.24) is 4.31 Å². The SMILES string of the molecule is O=S(=O)(c1ccc(Cl)cc1)N1CCN(c2c(Cl)cccc2Cl)CC1. The number of benzene rings is 2. The summed E-state index contributed by atoms with van der Waals surface area (Å²) in [5, 5.41) is 1.64. The van der Waals surface area contributed by atoms with Crippen LogP contribution < -0.4 is 4.90 Å². The quantitative estimate of drug-likeness (QED) is 0.770. The maximum absolute atomic E-state index is 12.7. The van der Waals surface area contributed by atoms with Gasteiger partial charge in [-0.25, -0.2) is 8.42 Å². The van der Waals surface area contributed by atoms with Crippen LogP contribution >= 0.6 is 34.8 Å². The summed E-state index contributed by atoms with van der Waals surface area (Å²) < 4.78 is 26.8. The van der Waals surface area contributed by atoms with Gasteiger partial charge in [0.15, 0.2) is 0 Å². The van der Waals surface area contributed by atoms with Gasteiger partial charge in [0.2, 0.25) is 10.0 Å². The van der Waals surface area contributed by atoms with Crippen molar-refractivity contribution < 1.29 is 8.42 Å². The molecule has 0 atom stereocenters. The van der Waals surface area contributed by atoms with E-state index in [1.807, 2.05) is 4.90 Å². The van der Waals surface area contributed by atoms with Gasteiger partial charge in [0.25, 0.3) is 0 Å². The Labute approximate surface area is 156 Å². The maximum atomic E-state index is 12.7. The lowest BCUT2D eigenvalue weighted by molar-refractivity contribution is 0.385. The molecule has 0 amide bonds. The van der Waals surface area contributed by atoms with Crippen LogP contribution in [-0.4, -0.2) is 38.9 Å². The third kappa shape index (κ3) is 3.51. The van der Waals surface area contributed by atoms with Crippen molar-refractivity contribution in [3.63, 3.8) is 0 Å². The molecule has 2 aromatic rings. The predicted molar refractivity (Wildman–Crippen MR) is 98.9 cm³/mol. The van der Waals surface area contributed by atoms with Crippen LogP contribution in [0.5, 0.6) is 0 Å². The number of anilines is 1. The second kappa shape index (κ2) is 7.10. The molecule has 0 bridgehead atoms. The minimum atomic E-state index is -3.52. The molecular formula is C16H15Cl3N2O2S. The van der Waals surface area contributed by atoms with Crippen molar-refractivity contribution in [2.24, 2.45) is 0 Å². The van der Waals surface area contributed by atoms with Crippen LogP contribution in [0.2, 0.25) is 15.1 Å². The molecule has 0 aromatic heterocycles. The largest absolute Gasteiger partial charge is 0.366 e. The van der Waals surface area contributed by atoms with Gasteiger partial charge in [-0.05, 0) is 36.4 Å².